The Morgan fingerprint density at radius 3 is 2.20 bits per heavy atom. The van der Waals surface area contributed by atoms with Gasteiger partial charge in [-0.05, 0) is 26.0 Å². The molecule has 0 heterocycles. The predicted molar refractivity (Wildman–Crippen MR) is 58.8 cm³/mol. The van der Waals surface area contributed by atoms with Gasteiger partial charge in [0, 0.05) is 12.6 Å². The van der Waals surface area contributed by atoms with Gasteiger partial charge in [-0.1, -0.05) is 17.7 Å². The molecule has 0 aliphatic carbocycles. The molecule has 3 heteroatoms. The lowest BCUT2D eigenvalue weighted by atomic mass is 10.1. The number of carbonyl (C=O) groups excluding carboxylic acids is 2. The minimum atomic E-state index is -0.120. The molecule has 1 aromatic carbocycles. The van der Waals surface area contributed by atoms with Crippen LogP contribution in [-0.2, 0) is 4.79 Å². The topological polar surface area (TPSA) is 37.4 Å². The number of nitrogens with zero attached hydrogens (tertiary/aromatic N) is 1. The van der Waals surface area contributed by atoms with Gasteiger partial charge in [0.05, 0.1) is 6.54 Å². The van der Waals surface area contributed by atoms with E-state index in [9.17, 15) is 9.59 Å². The first-order valence-electron chi connectivity index (χ1n) is 4.82. The largest absolute Gasteiger partial charge is 0.334 e. The highest BCUT2D eigenvalue weighted by Crippen LogP contribution is 2.05. The molecule has 1 amide bonds. The first-order chi connectivity index (χ1) is 7.00. The van der Waals surface area contributed by atoms with Crippen LogP contribution in [0.5, 0.6) is 0 Å². The van der Waals surface area contributed by atoms with Crippen molar-refractivity contribution < 1.29 is 9.59 Å². The van der Waals surface area contributed by atoms with Gasteiger partial charge < -0.3 is 4.90 Å². The molecular weight excluding hydrogens is 190 g/mol. The first-order valence-corrected chi connectivity index (χ1v) is 4.82. The number of carbonyl (C=O) groups is 2. The maximum absolute atomic E-state index is 11.8. The summed E-state index contributed by atoms with van der Waals surface area (Å²) >= 11 is 0. The standard InChI is InChI=1S/C12H15NO2/c1-9-4-6-11(7-5-9)12(15)13(3)8-10(2)14/h4-7H,8H2,1-3H3. The molecule has 80 valence electrons. The van der Waals surface area contributed by atoms with Crippen molar-refractivity contribution in [1.82, 2.24) is 4.90 Å². The number of Topliss-reactive ketones (excluding diaryl/α,β-unsaturated/α-hetero) is 1. The molecule has 0 radical (unpaired) electrons. The van der Waals surface area contributed by atoms with Gasteiger partial charge in [0.15, 0.2) is 0 Å². The highest BCUT2D eigenvalue weighted by Gasteiger charge is 2.12. The van der Waals surface area contributed by atoms with Crippen molar-refractivity contribution in [2.75, 3.05) is 13.6 Å². The van der Waals surface area contributed by atoms with Gasteiger partial charge in [0.1, 0.15) is 5.78 Å². The number of benzene rings is 1. The molecule has 1 rings (SSSR count). The highest BCUT2D eigenvalue weighted by atomic mass is 16.2. The summed E-state index contributed by atoms with van der Waals surface area (Å²) in [5, 5.41) is 0. The van der Waals surface area contributed by atoms with E-state index in [0.717, 1.165) is 5.56 Å². The summed E-state index contributed by atoms with van der Waals surface area (Å²) in [5.41, 5.74) is 1.73. The molecule has 0 saturated carbocycles. The summed E-state index contributed by atoms with van der Waals surface area (Å²) in [6, 6.07) is 7.31. The molecule has 0 aromatic heterocycles. The van der Waals surface area contributed by atoms with E-state index in [-0.39, 0.29) is 18.2 Å². The second-order valence-electron chi connectivity index (χ2n) is 3.73. The molecule has 3 nitrogen and oxygen atoms in total. The Morgan fingerprint density at radius 1 is 1.20 bits per heavy atom. The third-order valence-corrected chi connectivity index (χ3v) is 2.11. The predicted octanol–water partition coefficient (Wildman–Crippen LogP) is 1.66. The molecule has 15 heavy (non-hydrogen) atoms. The summed E-state index contributed by atoms with van der Waals surface area (Å²) in [6.07, 6.45) is 0. The monoisotopic (exact) mass is 205 g/mol. The fraction of sp³-hybridized carbons (Fsp3) is 0.333. The fourth-order valence-electron chi connectivity index (χ4n) is 1.32. The molecule has 0 spiro atoms. The van der Waals surface area contributed by atoms with E-state index in [1.807, 2.05) is 19.1 Å². The summed E-state index contributed by atoms with van der Waals surface area (Å²) in [4.78, 5) is 24.0. The molecule has 0 aliphatic heterocycles. The fourth-order valence-corrected chi connectivity index (χ4v) is 1.32. The lowest BCUT2D eigenvalue weighted by Crippen LogP contribution is -2.31. The average Bonchev–Trinajstić information content (AvgIpc) is 2.17. The van der Waals surface area contributed by atoms with Crippen molar-refractivity contribution in [3.63, 3.8) is 0 Å². The number of hydrogen-bond donors (Lipinski definition) is 0. The van der Waals surface area contributed by atoms with Crippen molar-refractivity contribution in [3.05, 3.63) is 35.4 Å². The Balaban J connectivity index is 2.76. The second kappa shape index (κ2) is 4.73. The molecule has 0 N–H and O–H groups in total. The number of ketones is 1. The van der Waals surface area contributed by atoms with Gasteiger partial charge in [-0.25, -0.2) is 0 Å². The van der Waals surface area contributed by atoms with E-state index >= 15 is 0 Å². The molecule has 0 fully saturated rings. The van der Waals surface area contributed by atoms with Crippen molar-refractivity contribution in [3.8, 4) is 0 Å². The molecule has 0 atom stereocenters. The summed E-state index contributed by atoms with van der Waals surface area (Å²) in [5.74, 6) is -0.136. The maximum atomic E-state index is 11.8. The second-order valence-corrected chi connectivity index (χ2v) is 3.73. The number of hydrogen-bond acceptors (Lipinski definition) is 2. The van der Waals surface area contributed by atoms with Crippen LogP contribution in [0.3, 0.4) is 0 Å². The van der Waals surface area contributed by atoms with Crippen molar-refractivity contribution in [2.45, 2.75) is 13.8 Å². The number of rotatable bonds is 3. The third kappa shape index (κ3) is 3.20. The zero-order chi connectivity index (χ0) is 11.4. The zero-order valence-electron chi connectivity index (χ0n) is 9.28. The Morgan fingerprint density at radius 2 is 1.73 bits per heavy atom. The minimum absolute atomic E-state index is 0.0158. The normalized spacial score (nSPS) is 9.80. The Bertz CT molecular complexity index is 368. The van der Waals surface area contributed by atoms with E-state index in [4.69, 9.17) is 0 Å². The Labute approximate surface area is 89.7 Å². The third-order valence-electron chi connectivity index (χ3n) is 2.11. The molecule has 0 unspecified atom stereocenters. The van der Waals surface area contributed by atoms with Gasteiger partial charge in [-0.2, -0.15) is 0 Å². The van der Waals surface area contributed by atoms with Crippen molar-refractivity contribution in [1.29, 1.82) is 0 Å². The van der Waals surface area contributed by atoms with E-state index in [0.29, 0.717) is 5.56 Å². The van der Waals surface area contributed by atoms with E-state index in [2.05, 4.69) is 0 Å². The SMILES string of the molecule is CC(=O)CN(C)C(=O)c1ccc(C)cc1. The lowest BCUT2D eigenvalue weighted by molar-refractivity contribution is -0.117. The van der Waals surface area contributed by atoms with Crippen LogP contribution in [0, 0.1) is 6.92 Å². The van der Waals surface area contributed by atoms with Gasteiger partial charge in [-0.3, -0.25) is 9.59 Å². The highest BCUT2D eigenvalue weighted by molar-refractivity contribution is 5.96. The summed E-state index contributed by atoms with van der Waals surface area (Å²) in [6.45, 7) is 3.60. The van der Waals surface area contributed by atoms with E-state index in [1.54, 1.807) is 19.2 Å². The van der Waals surface area contributed by atoms with Crippen molar-refractivity contribution >= 4 is 11.7 Å². The van der Waals surface area contributed by atoms with Crippen LogP contribution in [0.15, 0.2) is 24.3 Å². The summed E-state index contributed by atoms with van der Waals surface area (Å²) < 4.78 is 0. The molecule has 0 aliphatic rings. The van der Waals surface area contributed by atoms with Gasteiger partial charge in [0.25, 0.3) is 5.91 Å². The van der Waals surface area contributed by atoms with Crippen LogP contribution in [-0.4, -0.2) is 30.2 Å². The van der Waals surface area contributed by atoms with Gasteiger partial charge in [-0.15, -0.1) is 0 Å². The van der Waals surface area contributed by atoms with Crippen LogP contribution in [0.25, 0.3) is 0 Å². The molecule has 0 saturated heterocycles. The smallest absolute Gasteiger partial charge is 0.253 e. The molecular formula is C12H15NO2. The first kappa shape index (κ1) is 11.4. The lowest BCUT2D eigenvalue weighted by Gasteiger charge is -2.15. The zero-order valence-corrected chi connectivity index (χ0v) is 9.28. The molecule has 1 aromatic rings. The number of amides is 1. The Hall–Kier alpha value is -1.64. The number of likely N-dealkylation sites (N-methyl/N-ethyl adjacent to an activating group) is 1. The Kier molecular flexibility index (Phi) is 3.61. The number of aryl methyl sites for hydroxylation is 1. The van der Waals surface area contributed by atoms with E-state index < -0.39 is 0 Å². The average molecular weight is 205 g/mol. The quantitative estimate of drug-likeness (QED) is 0.752. The van der Waals surface area contributed by atoms with Crippen molar-refractivity contribution in [2.24, 2.45) is 0 Å². The minimum Gasteiger partial charge on any atom is -0.334 e. The van der Waals surface area contributed by atoms with Crippen LogP contribution < -0.4 is 0 Å². The summed E-state index contributed by atoms with van der Waals surface area (Å²) in [7, 11) is 1.63. The van der Waals surface area contributed by atoms with E-state index in [1.165, 1.54) is 11.8 Å². The van der Waals surface area contributed by atoms with Crippen LogP contribution in [0.1, 0.15) is 22.8 Å². The van der Waals surface area contributed by atoms with Gasteiger partial charge >= 0.3 is 0 Å². The van der Waals surface area contributed by atoms with Crippen LogP contribution in [0.4, 0.5) is 0 Å². The molecule has 0 bridgehead atoms. The maximum Gasteiger partial charge on any atom is 0.253 e. The van der Waals surface area contributed by atoms with Crippen LogP contribution in [0.2, 0.25) is 0 Å². The van der Waals surface area contributed by atoms with Gasteiger partial charge in [0.2, 0.25) is 0 Å². The van der Waals surface area contributed by atoms with Crippen LogP contribution >= 0.6 is 0 Å².